The Balaban J connectivity index is 0.000000277. The van der Waals surface area contributed by atoms with Crippen LogP contribution in [0.1, 0.15) is 17.5 Å². The second kappa shape index (κ2) is 8.63. The Morgan fingerprint density at radius 1 is 1.24 bits per heavy atom. The summed E-state index contributed by atoms with van der Waals surface area (Å²) in [6.07, 6.45) is -1.72. The number of aliphatic carboxylic acids is 1. The van der Waals surface area contributed by atoms with Crippen LogP contribution in [0.25, 0.3) is 0 Å². The lowest BCUT2D eigenvalue weighted by atomic mass is 10.0. The van der Waals surface area contributed by atoms with Crippen LogP contribution in [-0.4, -0.2) is 53.3 Å². The largest absolute Gasteiger partial charge is 0.490 e. The van der Waals surface area contributed by atoms with Crippen molar-refractivity contribution in [2.75, 3.05) is 26.2 Å². The highest BCUT2D eigenvalue weighted by Gasteiger charge is 2.38. The highest BCUT2D eigenvalue weighted by atomic mass is 19.4. The van der Waals surface area contributed by atoms with Crippen molar-refractivity contribution in [3.8, 4) is 0 Å². The van der Waals surface area contributed by atoms with E-state index in [0.717, 1.165) is 32.1 Å². The van der Waals surface area contributed by atoms with Gasteiger partial charge in [0.25, 0.3) is 0 Å². The summed E-state index contributed by atoms with van der Waals surface area (Å²) in [6.45, 7) is 4.07. The number of nitrogens with one attached hydrogen (secondary N) is 1. The number of rotatable bonds is 3. The average Bonchev–Trinajstić information content (AvgIpc) is 3.11. The van der Waals surface area contributed by atoms with Gasteiger partial charge in [-0.15, -0.1) is 0 Å². The van der Waals surface area contributed by atoms with E-state index in [9.17, 15) is 13.2 Å². The Bertz CT molecular complexity index is 642. The van der Waals surface area contributed by atoms with Crippen molar-refractivity contribution < 1.29 is 27.5 Å². The monoisotopic (exact) mass is 357 g/mol. The molecule has 2 heterocycles. The number of nitrogens with zero attached hydrogens (tertiary/aromatic N) is 2. The first-order valence-corrected chi connectivity index (χ1v) is 7.59. The van der Waals surface area contributed by atoms with Crippen LogP contribution >= 0.6 is 0 Å². The van der Waals surface area contributed by atoms with Gasteiger partial charge < -0.3 is 14.8 Å². The number of carboxylic acid groups (broad SMARTS) is 1. The number of halogens is 3. The number of carboxylic acids is 1. The summed E-state index contributed by atoms with van der Waals surface area (Å²) in [5.74, 6) is -1.98. The fourth-order valence-electron chi connectivity index (χ4n) is 2.45. The van der Waals surface area contributed by atoms with Crippen LogP contribution in [0.3, 0.4) is 0 Å². The number of oxazole rings is 1. The van der Waals surface area contributed by atoms with Gasteiger partial charge in [0.05, 0.1) is 6.20 Å². The summed E-state index contributed by atoms with van der Waals surface area (Å²) < 4.78 is 37.3. The number of piperazine rings is 1. The SMILES string of the molecule is O=C(O)C(F)(F)F.c1ccc(C(c2ncco2)N2CCNCC2)cc1. The number of hydrogen-bond acceptors (Lipinski definition) is 5. The molecule has 1 fully saturated rings. The minimum absolute atomic E-state index is 0.128. The van der Waals surface area contributed by atoms with Gasteiger partial charge in [0.15, 0.2) is 0 Å². The zero-order chi connectivity index (χ0) is 18.3. The molecule has 0 amide bonds. The van der Waals surface area contributed by atoms with Gasteiger partial charge in [-0.3, -0.25) is 4.90 Å². The maximum absolute atomic E-state index is 10.6. The number of alkyl halides is 3. The van der Waals surface area contributed by atoms with E-state index in [1.807, 2.05) is 6.07 Å². The fourth-order valence-corrected chi connectivity index (χ4v) is 2.45. The third kappa shape index (κ3) is 5.57. The molecule has 25 heavy (non-hydrogen) atoms. The summed E-state index contributed by atoms with van der Waals surface area (Å²) in [5.41, 5.74) is 1.24. The van der Waals surface area contributed by atoms with Crippen molar-refractivity contribution in [1.29, 1.82) is 0 Å². The van der Waals surface area contributed by atoms with Crippen LogP contribution in [0.4, 0.5) is 13.2 Å². The van der Waals surface area contributed by atoms with Gasteiger partial charge in [-0.2, -0.15) is 13.2 Å². The van der Waals surface area contributed by atoms with Crippen LogP contribution in [0.15, 0.2) is 47.2 Å². The third-order valence-corrected chi connectivity index (χ3v) is 3.56. The molecular formula is C16H18F3N3O3. The highest BCUT2D eigenvalue weighted by Crippen LogP contribution is 2.27. The normalized spacial score (nSPS) is 16.6. The van der Waals surface area contributed by atoms with Crippen LogP contribution in [0.2, 0.25) is 0 Å². The summed E-state index contributed by atoms with van der Waals surface area (Å²) in [5, 5.41) is 10.5. The minimum Gasteiger partial charge on any atom is -0.475 e. The van der Waals surface area contributed by atoms with Crippen molar-refractivity contribution in [3.63, 3.8) is 0 Å². The first-order valence-electron chi connectivity index (χ1n) is 7.59. The average molecular weight is 357 g/mol. The number of benzene rings is 1. The maximum atomic E-state index is 10.6. The van der Waals surface area contributed by atoms with E-state index < -0.39 is 12.1 Å². The molecular weight excluding hydrogens is 339 g/mol. The van der Waals surface area contributed by atoms with E-state index in [1.54, 1.807) is 12.5 Å². The van der Waals surface area contributed by atoms with Crippen molar-refractivity contribution in [3.05, 3.63) is 54.2 Å². The first kappa shape index (κ1) is 18.9. The molecule has 2 aromatic rings. The van der Waals surface area contributed by atoms with E-state index in [1.165, 1.54) is 5.56 Å². The van der Waals surface area contributed by atoms with Crippen LogP contribution < -0.4 is 5.32 Å². The smallest absolute Gasteiger partial charge is 0.475 e. The lowest BCUT2D eigenvalue weighted by Gasteiger charge is -2.33. The summed E-state index contributed by atoms with van der Waals surface area (Å²) in [7, 11) is 0. The van der Waals surface area contributed by atoms with Crippen molar-refractivity contribution >= 4 is 5.97 Å². The molecule has 0 aliphatic carbocycles. The van der Waals surface area contributed by atoms with Crippen LogP contribution in [0, 0.1) is 0 Å². The van der Waals surface area contributed by atoms with Gasteiger partial charge in [0.2, 0.25) is 5.89 Å². The number of carbonyl (C=O) groups is 1. The highest BCUT2D eigenvalue weighted by molar-refractivity contribution is 5.73. The molecule has 0 saturated carbocycles. The fraction of sp³-hybridized carbons (Fsp3) is 0.375. The molecule has 0 bridgehead atoms. The van der Waals surface area contributed by atoms with E-state index in [0.29, 0.717) is 0 Å². The molecule has 1 aromatic carbocycles. The Morgan fingerprint density at radius 3 is 2.32 bits per heavy atom. The Morgan fingerprint density at radius 2 is 1.84 bits per heavy atom. The van der Waals surface area contributed by atoms with Crippen LogP contribution in [-0.2, 0) is 4.79 Å². The molecule has 1 unspecified atom stereocenters. The molecule has 0 spiro atoms. The molecule has 3 rings (SSSR count). The zero-order valence-electron chi connectivity index (χ0n) is 13.2. The molecule has 1 saturated heterocycles. The molecule has 2 N–H and O–H groups in total. The predicted octanol–water partition coefficient (Wildman–Crippen LogP) is 2.30. The molecule has 9 heteroatoms. The summed E-state index contributed by atoms with van der Waals surface area (Å²) >= 11 is 0. The van der Waals surface area contributed by atoms with Crippen molar-refractivity contribution in [2.24, 2.45) is 0 Å². The van der Waals surface area contributed by atoms with Gasteiger partial charge in [-0.1, -0.05) is 30.3 Å². The topological polar surface area (TPSA) is 78.6 Å². The quantitative estimate of drug-likeness (QED) is 0.878. The first-order chi connectivity index (χ1) is 11.9. The third-order valence-electron chi connectivity index (χ3n) is 3.56. The molecule has 1 aliphatic rings. The predicted molar refractivity (Wildman–Crippen MR) is 82.9 cm³/mol. The molecule has 136 valence electrons. The Labute approximate surface area is 142 Å². The molecule has 6 nitrogen and oxygen atoms in total. The lowest BCUT2D eigenvalue weighted by molar-refractivity contribution is -0.192. The standard InChI is InChI=1S/C14H17N3O.C2HF3O2/c1-2-4-12(5-3-1)13(14-16-8-11-18-14)17-9-6-15-7-10-17;3-2(4,5)1(6)7/h1-5,8,11,13,15H,6-7,9-10H2;(H,6,7). The molecule has 1 atom stereocenters. The Hall–Kier alpha value is -2.39. The van der Waals surface area contributed by atoms with E-state index in [2.05, 4.69) is 39.5 Å². The number of aromatic nitrogens is 1. The second-order valence-corrected chi connectivity index (χ2v) is 5.27. The summed E-state index contributed by atoms with van der Waals surface area (Å²) in [4.78, 5) is 15.6. The van der Waals surface area contributed by atoms with Crippen molar-refractivity contribution in [2.45, 2.75) is 12.2 Å². The van der Waals surface area contributed by atoms with Gasteiger partial charge in [0.1, 0.15) is 12.3 Å². The van der Waals surface area contributed by atoms with Gasteiger partial charge in [0, 0.05) is 26.2 Å². The maximum Gasteiger partial charge on any atom is 0.490 e. The molecule has 1 aromatic heterocycles. The van der Waals surface area contributed by atoms with Gasteiger partial charge in [-0.05, 0) is 5.56 Å². The number of hydrogen-bond donors (Lipinski definition) is 2. The lowest BCUT2D eigenvalue weighted by Crippen LogP contribution is -2.45. The van der Waals surface area contributed by atoms with Crippen molar-refractivity contribution in [1.82, 2.24) is 15.2 Å². The minimum atomic E-state index is -5.08. The van der Waals surface area contributed by atoms with E-state index in [4.69, 9.17) is 14.3 Å². The Kier molecular flexibility index (Phi) is 6.54. The van der Waals surface area contributed by atoms with Gasteiger partial charge >= 0.3 is 12.1 Å². The molecule has 0 radical (unpaired) electrons. The summed E-state index contributed by atoms with van der Waals surface area (Å²) in [6, 6.07) is 10.6. The zero-order valence-corrected chi connectivity index (χ0v) is 13.2. The van der Waals surface area contributed by atoms with E-state index in [-0.39, 0.29) is 6.04 Å². The second-order valence-electron chi connectivity index (χ2n) is 5.27. The van der Waals surface area contributed by atoms with E-state index >= 15 is 0 Å². The van der Waals surface area contributed by atoms with Crippen LogP contribution in [0.5, 0.6) is 0 Å². The van der Waals surface area contributed by atoms with Gasteiger partial charge in [-0.25, -0.2) is 9.78 Å². The molecule has 1 aliphatic heterocycles.